The number of aliphatic hydroxyl groups is 1. The van der Waals surface area contributed by atoms with E-state index >= 15 is 0 Å². The predicted octanol–water partition coefficient (Wildman–Crippen LogP) is 1.62. The Morgan fingerprint density at radius 3 is 2.62 bits per heavy atom. The van der Waals surface area contributed by atoms with Gasteiger partial charge in [0.2, 0.25) is 10.0 Å². The first kappa shape index (κ1) is 16.4. The summed E-state index contributed by atoms with van der Waals surface area (Å²) >= 11 is 1.31. The molecule has 5 nitrogen and oxygen atoms in total. The molecular weight excluding hydrogens is 308 g/mol. The lowest BCUT2D eigenvalue weighted by atomic mass is 10.2. The third-order valence-electron chi connectivity index (χ3n) is 3.48. The highest BCUT2D eigenvalue weighted by Crippen LogP contribution is 2.34. The van der Waals surface area contributed by atoms with Crippen molar-refractivity contribution < 1.29 is 13.5 Å². The Kier molecular flexibility index (Phi) is 5.00. The van der Waals surface area contributed by atoms with Crippen LogP contribution in [0.15, 0.2) is 29.2 Å². The van der Waals surface area contributed by atoms with Crippen LogP contribution >= 0.6 is 11.3 Å². The molecule has 1 aromatic carbocycles. The first-order valence-electron chi connectivity index (χ1n) is 6.64. The number of aliphatic hydroxyl groups excluding tert-OH is 1. The number of nitrogens with zero attached hydrogens (tertiary/aromatic N) is 1. The van der Waals surface area contributed by atoms with Gasteiger partial charge >= 0.3 is 0 Å². The average Bonchev–Trinajstić information content (AvgIpc) is 2.83. The summed E-state index contributed by atoms with van der Waals surface area (Å²) in [6.07, 6.45) is 0. The Hall–Kier alpha value is -0.990. The summed E-state index contributed by atoms with van der Waals surface area (Å²) < 4.78 is 28.7. The van der Waals surface area contributed by atoms with Gasteiger partial charge in [0.25, 0.3) is 0 Å². The molecule has 0 saturated heterocycles. The second-order valence-electron chi connectivity index (χ2n) is 5.17. The lowest BCUT2D eigenvalue weighted by Crippen LogP contribution is -2.38. The lowest BCUT2D eigenvalue weighted by molar-refractivity contribution is 0.282. The second kappa shape index (κ2) is 6.41. The van der Waals surface area contributed by atoms with Crippen molar-refractivity contribution >= 4 is 31.4 Å². The van der Waals surface area contributed by atoms with Gasteiger partial charge in [-0.15, -0.1) is 11.3 Å². The molecule has 21 heavy (non-hydrogen) atoms. The normalized spacial score (nSPS) is 14.0. The fourth-order valence-corrected chi connectivity index (χ4v) is 4.87. The molecule has 1 heterocycles. The fraction of sp³-hybridized carbons (Fsp3) is 0.429. The van der Waals surface area contributed by atoms with E-state index < -0.39 is 10.0 Å². The molecule has 0 fully saturated rings. The Morgan fingerprint density at radius 2 is 2.00 bits per heavy atom. The molecule has 2 aromatic rings. The number of hydrogen-bond acceptors (Lipinski definition) is 5. The molecule has 0 amide bonds. The van der Waals surface area contributed by atoms with Gasteiger partial charge in [-0.25, -0.2) is 13.1 Å². The van der Waals surface area contributed by atoms with Crippen molar-refractivity contribution in [2.75, 3.05) is 20.6 Å². The van der Waals surface area contributed by atoms with Crippen molar-refractivity contribution in [3.8, 4) is 0 Å². The maximum absolute atomic E-state index is 12.6. The van der Waals surface area contributed by atoms with Crippen LogP contribution in [0.5, 0.6) is 0 Å². The average molecular weight is 328 g/mol. The number of thiophene rings is 1. The minimum Gasteiger partial charge on any atom is -0.391 e. The van der Waals surface area contributed by atoms with Gasteiger partial charge in [0.1, 0.15) is 4.90 Å². The van der Waals surface area contributed by atoms with Crippen LogP contribution in [-0.4, -0.2) is 45.1 Å². The van der Waals surface area contributed by atoms with Crippen LogP contribution in [0.25, 0.3) is 10.1 Å². The zero-order valence-electron chi connectivity index (χ0n) is 12.3. The summed E-state index contributed by atoms with van der Waals surface area (Å²) in [5.74, 6) is 0. The number of sulfonamides is 1. The van der Waals surface area contributed by atoms with Crippen molar-refractivity contribution in [3.05, 3.63) is 29.1 Å². The predicted molar refractivity (Wildman–Crippen MR) is 86.1 cm³/mol. The van der Waals surface area contributed by atoms with Crippen molar-refractivity contribution in [1.82, 2.24) is 9.62 Å². The number of fused-ring (bicyclic) bond motifs is 1. The number of nitrogens with one attached hydrogen (secondary N) is 1. The lowest BCUT2D eigenvalue weighted by Gasteiger charge is -2.20. The van der Waals surface area contributed by atoms with Crippen molar-refractivity contribution in [3.63, 3.8) is 0 Å². The molecule has 0 radical (unpaired) electrons. The van der Waals surface area contributed by atoms with Crippen LogP contribution in [0.1, 0.15) is 11.8 Å². The summed E-state index contributed by atoms with van der Waals surface area (Å²) in [5, 5.41) is 10.1. The Balaban J connectivity index is 2.40. The summed E-state index contributed by atoms with van der Waals surface area (Å²) in [6, 6.07) is 7.38. The van der Waals surface area contributed by atoms with E-state index in [-0.39, 0.29) is 17.5 Å². The van der Waals surface area contributed by atoms with Gasteiger partial charge in [-0.1, -0.05) is 18.2 Å². The van der Waals surface area contributed by atoms with Crippen molar-refractivity contribution in [2.24, 2.45) is 0 Å². The standard InChI is InChI=1S/C14H20N2O3S2/c1-10(16(2)3)8-15-21(18,19)14-11-6-4-5-7-12(11)20-13(14)9-17/h4-7,10,15,17H,8-9H2,1-3H3. The number of benzene rings is 1. The van der Waals surface area contributed by atoms with E-state index in [1.54, 1.807) is 12.1 Å². The molecule has 0 saturated carbocycles. The van der Waals surface area contributed by atoms with Gasteiger partial charge in [-0.05, 0) is 27.1 Å². The third-order valence-corrected chi connectivity index (χ3v) is 6.32. The maximum Gasteiger partial charge on any atom is 0.242 e. The molecule has 116 valence electrons. The smallest absolute Gasteiger partial charge is 0.242 e. The summed E-state index contributed by atoms with van der Waals surface area (Å²) in [7, 11) is 0.161. The largest absolute Gasteiger partial charge is 0.391 e. The van der Waals surface area contributed by atoms with E-state index in [1.165, 1.54) is 11.3 Å². The molecule has 0 bridgehead atoms. The minimum absolute atomic E-state index is 0.0854. The molecule has 2 rings (SSSR count). The molecular formula is C14H20N2O3S2. The highest BCUT2D eigenvalue weighted by molar-refractivity contribution is 7.90. The minimum atomic E-state index is -3.64. The molecule has 1 atom stereocenters. The zero-order valence-corrected chi connectivity index (χ0v) is 14.0. The Labute approximate surface area is 129 Å². The van der Waals surface area contributed by atoms with Crippen molar-refractivity contribution in [2.45, 2.75) is 24.5 Å². The third kappa shape index (κ3) is 3.44. The van der Waals surface area contributed by atoms with Gasteiger partial charge in [0.05, 0.1) is 11.5 Å². The van der Waals surface area contributed by atoms with Gasteiger partial charge in [0, 0.05) is 22.7 Å². The first-order valence-corrected chi connectivity index (χ1v) is 8.94. The summed E-state index contributed by atoms with van der Waals surface area (Å²) in [5.41, 5.74) is 0. The molecule has 1 unspecified atom stereocenters. The van der Waals surface area contributed by atoms with E-state index in [9.17, 15) is 13.5 Å². The van der Waals surface area contributed by atoms with Crippen LogP contribution in [0.2, 0.25) is 0 Å². The van der Waals surface area contributed by atoms with Crippen molar-refractivity contribution in [1.29, 1.82) is 0 Å². The van der Waals surface area contributed by atoms with E-state index in [4.69, 9.17) is 0 Å². The van der Waals surface area contributed by atoms with Crippen LogP contribution in [0, 0.1) is 0 Å². The molecule has 0 aliphatic rings. The highest BCUT2D eigenvalue weighted by atomic mass is 32.2. The van der Waals surface area contributed by atoms with Crippen LogP contribution in [0.4, 0.5) is 0 Å². The number of hydrogen-bond donors (Lipinski definition) is 2. The van der Waals surface area contributed by atoms with Gasteiger partial charge in [-0.2, -0.15) is 0 Å². The molecule has 2 N–H and O–H groups in total. The maximum atomic E-state index is 12.6. The second-order valence-corrected chi connectivity index (χ2v) is 8.01. The highest BCUT2D eigenvalue weighted by Gasteiger charge is 2.24. The molecule has 7 heteroatoms. The SMILES string of the molecule is CC(CNS(=O)(=O)c1c(CO)sc2ccccc12)N(C)C. The van der Waals surface area contributed by atoms with Gasteiger partial charge in [-0.3, -0.25) is 0 Å². The van der Waals surface area contributed by atoms with Gasteiger partial charge < -0.3 is 10.0 Å². The molecule has 0 spiro atoms. The summed E-state index contributed by atoms with van der Waals surface area (Å²) in [4.78, 5) is 2.62. The van der Waals surface area contributed by atoms with E-state index in [2.05, 4.69) is 4.72 Å². The van der Waals surface area contributed by atoms with Crippen LogP contribution < -0.4 is 4.72 Å². The van der Waals surface area contributed by atoms with E-state index in [0.29, 0.717) is 16.8 Å². The molecule has 1 aromatic heterocycles. The number of rotatable bonds is 6. The van der Waals surface area contributed by atoms with E-state index in [0.717, 1.165) is 4.70 Å². The quantitative estimate of drug-likeness (QED) is 0.845. The topological polar surface area (TPSA) is 69.6 Å². The molecule has 0 aliphatic carbocycles. The number of likely N-dealkylation sites (N-methyl/N-ethyl adjacent to an activating group) is 1. The fourth-order valence-electron chi connectivity index (χ4n) is 1.96. The zero-order chi connectivity index (χ0) is 15.6. The summed E-state index contributed by atoms with van der Waals surface area (Å²) in [6.45, 7) is 1.99. The Bertz CT molecular complexity index is 723. The van der Waals surface area contributed by atoms with Crippen LogP contribution in [-0.2, 0) is 16.6 Å². The van der Waals surface area contributed by atoms with Gasteiger partial charge in [0.15, 0.2) is 0 Å². The monoisotopic (exact) mass is 328 g/mol. The van der Waals surface area contributed by atoms with E-state index in [1.807, 2.05) is 38.1 Å². The van der Waals surface area contributed by atoms with Crippen LogP contribution in [0.3, 0.4) is 0 Å². The molecule has 0 aliphatic heterocycles. The first-order chi connectivity index (χ1) is 9.86. The Morgan fingerprint density at radius 1 is 1.33 bits per heavy atom.